The molecular formula is C13H20N2O2S. The molecule has 0 aliphatic carbocycles. The molecule has 1 saturated heterocycles. The number of piperidine rings is 1. The first-order chi connectivity index (χ1) is 8.66. The molecule has 1 heterocycles. The van der Waals surface area contributed by atoms with E-state index in [9.17, 15) is 8.42 Å². The molecule has 1 fully saturated rings. The summed E-state index contributed by atoms with van der Waals surface area (Å²) in [7, 11) is -3.36. The first-order valence-electron chi connectivity index (χ1n) is 6.49. The maximum absolute atomic E-state index is 12.6. The van der Waals surface area contributed by atoms with Crippen molar-refractivity contribution in [1.82, 2.24) is 4.31 Å². The van der Waals surface area contributed by atoms with E-state index in [1.807, 2.05) is 37.3 Å². The number of benzene rings is 1. The van der Waals surface area contributed by atoms with Crippen LogP contribution in [0.15, 0.2) is 30.3 Å². The van der Waals surface area contributed by atoms with Crippen LogP contribution in [0, 0.1) is 0 Å². The highest BCUT2D eigenvalue weighted by Crippen LogP contribution is 2.22. The standard InChI is InChI=1S/C13H20N2O2S/c1-2-15(13-9-5-3-6-10-13)18(16,17)14-11-7-4-8-12-14/h3,5-6,9-10H,2,4,7-8,11-12H2,1H3. The second kappa shape index (κ2) is 5.71. The summed E-state index contributed by atoms with van der Waals surface area (Å²) in [4.78, 5) is 0. The van der Waals surface area contributed by atoms with Crippen LogP contribution in [0.2, 0.25) is 0 Å². The Morgan fingerprint density at radius 3 is 2.28 bits per heavy atom. The van der Waals surface area contributed by atoms with E-state index in [-0.39, 0.29) is 0 Å². The number of anilines is 1. The molecule has 1 aliphatic heterocycles. The molecule has 18 heavy (non-hydrogen) atoms. The van der Waals surface area contributed by atoms with Crippen LogP contribution in [0.25, 0.3) is 0 Å². The van der Waals surface area contributed by atoms with Gasteiger partial charge in [-0.25, -0.2) is 0 Å². The second-order valence-corrected chi connectivity index (χ2v) is 6.32. The summed E-state index contributed by atoms with van der Waals surface area (Å²) in [5.74, 6) is 0. The molecule has 4 nitrogen and oxygen atoms in total. The lowest BCUT2D eigenvalue weighted by Gasteiger charge is -2.32. The lowest BCUT2D eigenvalue weighted by Crippen LogP contribution is -2.46. The minimum atomic E-state index is -3.36. The van der Waals surface area contributed by atoms with E-state index >= 15 is 0 Å². The van der Waals surface area contributed by atoms with Crippen LogP contribution >= 0.6 is 0 Å². The lowest BCUT2D eigenvalue weighted by molar-refractivity contribution is 0.345. The number of para-hydroxylation sites is 1. The molecule has 0 radical (unpaired) electrons. The molecule has 0 bridgehead atoms. The lowest BCUT2D eigenvalue weighted by atomic mass is 10.2. The molecule has 5 heteroatoms. The highest BCUT2D eigenvalue weighted by molar-refractivity contribution is 7.90. The van der Waals surface area contributed by atoms with Gasteiger partial charge in [0.2, 0.25) is 0 Å². The molecule has 0 unspecified atom stereocenters. The van der Waals surface area contributed by atoms with Gasteiger partial charge >= 0.3 is 10.2 Å². The highest BCUT2D eigenvalue weighted by atomic mass is 32.2. The van der Waals surface area contributed by atoms with Crippen molar-refractivity contribution in [3.05, 3.63) is 30.3 Å². The van der Waals surface area contributed by atoms with Gasteiger partial charge in [-0.2, -0.15) is 12.7 Å². The van der Waals surface area contributed by atoms with Crippen molar-refractivity contribution in [2.24, 2.45) is 0 Å². The molecule has 100 valence electrons. The average molecular weight is 268 g/mol. The Bertz CT molecular complexity index is 467. The topological polar surface area (TPSA) is 40.6 Å². The van der Waals surface area contributed by atoms with E-state index in [1.54, 1.807) is 4.31 Å². The third-order valence-electron chi connectivity index (χ3n) is 3.25. The van der Waals surface area contributed by atoms with Gasteiger partial charge in [0, 0.05) is 19.6 Å². The van der Waals surface area contributed by atoms with Gasteiger partial charge < -0.3 is 0 Å². The van der Waals surface area contributed by atoms with Crippen LogP contribution in [0.3, 0.4) is 0 Å². The monoisotopic (exact) mass is 268 g/mol. The summed E-state index contributed by atoms with van der Waals surface area (Å²) in [6, 6.07) is 9.30. The Labute approximate surface area is 109 Å². The van der Waals surface area contributed by atoms with Crippen molar-refractivity contribution in [3.8, 4) is 0 Å². The van der Waals surface area contributed by atoms with Gasteiger partial charge in [0.1, 0.15) is 0 Å². The molecule has 1 aromatic carbocycles. The van der Waals surface area contributed by atoms with Crippen LogP contribution in [0.1, 0.15) is 26.2 Å². The molecule has 2 rings (SSSR count). The van der Waals surface area contributed by atoms with Crippen LogP contribution in [-0.4, -0.2) is 32.4 Å². The molecule has 0 N–H and O–H groups in total. The van der Waals surface area contributed by atoms with Crippen LogP contribution in [-0.2, 0) is 10.2 Å². The Morgan fingerprint density at radius 1 is 1.11 bits per heavy atom. The predicted molar refractivity (Wildman–Crippen MR) is 73.8 cm³/mol. The molecule has 1 aromatic rings. The smallest absolute Gasteiger partial charge is 0.258 e. The van der Waals surface area contributed by atoms with Gasteiger partial charge in [0.25, 0.3) is 0 Å². The fourth-order valence-electron chi connectivity index (χ4n) is 2.31. The van der Waals surface area contributed by atoms with Crippen molar-refractivity contribution in [1.29, 1.82) is 0 Å². The Morgan fingerprint density at radius 2 is 1.72 bits per heavy atom. The zero-order valence-electron chi connectivity index (χ0n) is 10.7. The normalized spacial score (nSPS) is 17.6. The largest absolute Gasteiger partial charge is 0.304 e. The molecule has 1 aliphatic rings. The maximum Gasteiger partial charge on any atom is 0.304 e. The molecule has 0 spiro atoms. The number of rotatable bonds is 4. The molecular weight excluding hydrogens is 248 g/mol. The first-order valence-corrected chi connectivity index (χ1v) is 7.89. The van der Waals surface area contributed by atoms with Gasteiger partial charge in [0.15, 0.2) is 0 Å². The molecule has 0 atom stereocenters. The third-order valence-corrected chi connectivity index (χ3v) is 5.29. The summed E-state index contributed by atoms with van der Waals surface area (Å²) in [5.41, 5.74) is 0.741. The van der Waals surface area contributed by atoms with Crippen LogP contribution < -0.4 is 4.31 Å². The van der Waals surface area contributed by atoms with Crippen molar-refractivity contribution >= 4 is 15.9 Å². The quantitative estimate of drug-likeness (QED) is 0.840. The van der Waals surface area contributed by atoms with Crippen molar-refractivity contribution in [2.45, 2.75) is 26.2 Å². The maximum atomic E-state index is 12.6. The zero-order valence-corrected chi connectivity index (χ0v) is 11.6. The predicted octanol–water partition coefficient (Wildman–Crippen LogP) is 2.24. The zero-order chi connectivity index (χ0) is 13.0. The Hall–Kier alpha value is -1.07. The summed E-state index contributed by atoms with van der Waals surface area (Å²) >= 11 is 0. The molecule has 0 aromatic heterocycles. The van der Waals surface area contributed by atoms with E-state index in [4.69, 9.17) is 0 Å². The molecule has 0 saturated carbocycles. The van der Waals surface area contributed by atoms with Crippen LogP contribution in [0.4, 0.5) is 5.69 Å². The van der Waals surface area contributed by atoms with E-state index in [0.29, 0.717) is 19.6 Å². The van der Waals surface area contributed by atoms with Gasteiger partial charge in [-0.05, 0) is 31.9 Å². The van der Waals surface area contributed by atoms with Crippen molar-refractivity contribution < 1.29 is 8.42 Å². The van der Waals surface area contributed by atoms with E-state index in [2.05, 4.69) is 0 Å². The van der Waals surface area contributed by atoms with Crippen molar-refractivity contribution in [3.63, 3.8) is 0 Å². The number of hydrogen-bond donors (Lipinski definition) is 0. The van der Waals surface area contributed by atoms with Gasteiger partial charge in [-0.15, -0.1) is 0 Å². The van der Waals surface area contributed by atoms with Gasteiger partial charge in [-0.3, -0.25) is 4.31 Å². The average Bonchev–Trinajstić information content (AvgIpc) is 2.41. The fourth-order valence-corrected chi connectivity index (χ4v) is 4.02. The summed E-state index contributed by atoms with van der Waals surface area (Å²) in [5, 5.41) is 0. The fraction of sp³-hybridized carbons (Fsp3) is 0.538. The SMILES string of the molecule is CCN(c1ccccc1)S(=O)(=O)N1CCCCC1. The van der Waals surface area contributed by atoms with E-state index < -0.39 is 10.2 Å². The molecule has 0 amide bonds. The summed E-state index contributed by atoms with van der Waals surface area (Å²) in [6.07, 6.45) is 3.06. The minimum absolute atomic E-state index is 0.461. The Balaban J connectivity index is 2.26. The van der Waals surface area contributed by atoms with Crippen LogP contribution in [0.5, 0.6) is 0 Å². The van der Waals surface area contributed by atoms with Crippen molar-refractivity contribution in [2.75, 3.05) is 23.9 Å². The number of nitrogens with zero attached hydrogens (tertiary/aromatic N) is 2. The minimum Gasteiger partial charge on any atom is -0.258 e. The van der Waals surface area contributed by atoms with E-state index in [1.165, 1.54) is 4.31 Å². The summed E-state index contributed by atoms with van der Waals surface area (Å²) < 4.78 is 28.2. The van der Waals surface area contributed by atoms with Gasteiger partial charge in [-0.1, -0.05) is 24.6 Å². The Kier molecular flexibility index (Phi) is 4.24. The number of hydrogen-bond acceptors (Lipinski definition) is 2. The third kappa shape index (κ3) is 2.67. The highest BCUT2D eigenvalue weighted by Gasteiger charge is 2.29. The first kappa shape index (κ1) is 13.4. The van der Waals surface area contributed by atoms with E-state index in [0.717, 1.165) is 24.9 Å². The summed E-state index contributed by atoms with van der Waals surface area (Å²) in [6.45, 7) is 3.62. The van der Waals surface area contributed by atoms with Gasteiger partial charge in [0.05, 0.1) is 5.69 Å². The second-order valence-electron chi connectivity index (χ2n) is 4.47.